The molecule has 1 aliphatic carbocycles. The van der Waals surface area contributed by atoms with Crippen LogP contribution in [0.15, 0.2) is 59.5 Å². The summed E-state index contributed by atoms with van der Waals surface area (Å²) in [6.45, 7) is 1.74. The molecule has 25 heavy (non-hydrogen) atoms. The van der Waals surface area contributed by atoms with Crippen LogP contribution in [0.4, 0.5) is 0 Å². The van der Waals surface area contributed by atoms with Crippen LogP contribution >= 0.6 is 0 Å². The van der Waals surface area contributed by atoms with E-state index in [1.165, 1.54) is 12.1 Å². The maximum atomic E-state index is 12.0. The van der Waals surface area contributed by atoms with Crippen molar-refractivity contribution in [2.75, 3.05) is 6.61 Å². The van der Waals surface area contributed by atoms with Gasteiger partial charge in [-0.1, -0.05) is 55.3 Å². The van der Waals surface area contributed by atoms with Gasteiger partial charge >= 0.3 is 0 Å². The van der Waals surface area contributed by atoms with Crippen LogP contribution in [0, 0.1) is 5.92 Å². The summed E-state index contributed by atoms with van der Waals surface area (Å²) in [7, 11) is -3.74. The molecule has 2 aromatic rings. The Bertz CT molecular complexity index is 793. The maximum absolute atomic E-state index is 12.0. The fourth-order valence-corrected chi connectivity index (χ4v) is 4.69. The Morgan fingerprint density at radius 1 is 1.00 bits per heavy atom. The minimum atomic E-state index is -3.74. The van der Waals surface area contributed by atoms with E-state index in [1.54, 1.807) is 19.1 Å². The average molecular weight is 360 g/mol. The normalized spacial score (nSPS) is 18.2. The van der Waals surface area contributed by atoms with Crippen molar-refractivity contribution in [3.63, 3.8) is 0 Å². The molecular formula is C20H24O4S. The molecule has 0 aromatic heterocycles. The van der Waals surface area contributed by atoms with E-state index in [-0.39, 0.29) is 17.4 Å². The summed E-state index contributed by atoms with van der Waals surface area (Å²) < 4.78 is 28.9. The van der Waals surface area contributed by atoms with E-state index in [0.717, 1.165) is 36.8 Å². The van der Waals surface area contributed by atoms with Gasteiger partial charge in [0.25, 0.3) is 10.1 Å². The van der Waals surface area contributed by atoms with Crippen LogP contribution in [0.2, 0.25) is 0 Å². The minimum absolute atomic E-state index is 0.0973. The molecular weight excluding hydrogens is 336 g/mol. The highest BCUT2D eigenvalue weighted by Crippen LogP contribution is 2.45. The van der Waals surface area contributed by atoms with Gasteiger partial charge in [-0.25, -0.2) is 0 Å². The maximum Gasteiger partial charge on any atom is 0.296 e. The molecule has 1 aliphatic rings. The van der Waals surface area contributed by atoms with E-state index in [4.69, 9.17) is 4.18 Å². The summed E-state index contributed by atoms with van der Waals surface area (Å²) in [5, 5.41) is 11.7. The Morgan fingerprint density at radius 2 is 1.56 bits per heavy atom. The Labute approximate surface area is 149 Å². The molecule has 2 aromatic carbocycles. The van der Waals surface area contributed by atoms with E-state index in [1.807, 2.05) is 30.3 Å². The number of aliphatic hydroxyl groups is 1. The lowest BCUT2D eigenvalue weighted by Gasteiger charge is -2.35. The molecule has 0 radical (unpaired) electrons. The fourth-order valence-electron chi connectivity index (χ4n) is 3.77. The number of benzene rings is 2. The predicted molar refractivity (Wildman–Crippen MR) is 96.7 cm³/mol. The second-order valence-corrected chi connectivity index (χ2v) is 8.11. The zero-order chi connectivity index (χ0) is 17.9. The van der Waals surface area contributed by atoms with Crippen molar-refractivity contribution in [1.29, 1.82) is 0 Å². The smallest absolute Gasteiger partial charge is 0.296 e. The molecule has 1 fully saturated rings. The van der Waals surface area contributed by atoms with Gasteiger partial charge in [-0.15, -0.1) is 0 Å². The first kappa shape index (κ1) is 18.1. The van der Waals surface area contributed by atoms with E-state index in [2.05, 4.69) is 0 Å². The van der Waals surface area contributed by atoms with Gasteiger partial charge in [0.05, 0.1) is 11.5 Å². The van der Waals surface area contributed by atoms with Crippen LogP contribution < -0.4 is 0 Å². The number of hydrogen-bond acceptors (Lipinski definition) is 4. The highest BCUT2D eigenvalue weighted by molar-refractivity contribution is 7.86. The zero-order valence-corrected chi connectivity index (χ0v) is 15.2. The summed E-state index contributed by atoms with van der Waals surface area (Å²) >= 11 is 0. The quantitative estimate of drug-likeness (QED) is 0.795. The number of rotatable bonds is 6. The van der Waals surface area contributed by atoms with Crippen LogP contribution in [-0.4, -0.2) is 20.1 Å². The van der Waals surface area contributed by atoms with Crippen molar-refractivity contribution in [2.45, 2.75) is 43.1 Å². The molecule has 0 saturated heterocycles. The predicted octanol–water partition coefficient (Wildman–Crippen LogP) is 3.84. The van der Waals surface area contributed by atoms with Gasteiger partial charge in [-0.2, -0.15) is 8.42 Å². The summed E-state index contributed by atoms with van der Waals surface area (Å²) in [6.07, 6.45) is 4.14. The first-order chi connectivity index (χ1) is 12.0. The average Bonchev–Trinajstić information content (AvgIpc) is 3.17. The van der Waals surface area contributed by atoms with Gasteiger partial charge in [0, 0.05) is 0 Å². The largest absolute Gasteiger partial charge is 0.380 e. The van der Waals surface area contributed by atoms with Crippen molar-refractivity contribution in [2.24, 2.45) is 5.92 Å². The van der Waals surface area contributed by atoms with Crippen LogP contribution in [0.5, 0.6) is 0 Å². The third-order valence-electron chi connectivity index (χ3n) is 5.02. The van der Waals surface area contributed by atoms with Crippen molar-refractivity contribution >= 4 is 10.1 Å². The molecule has 0 amide bonds. The SMILES string of the molecule is CCOS(=O)(=O)c1ccc([C@@](O)(c2ccccc2)C2CCCC2)cc1. The summed E-state index contributed by atoms with van der Waals surface area (Å²) in [5.41, 5.74) is 0.467. The van der Waals surface area contributed by atoms with Crippen LogP contribution in [0.3, 0.4) is 0 Å². The Kier molecular flexibility index (Phi) is 5.27. The fraction of sp³-hybridized carbons (Fsp3) is 0.400. The van der Waals surface area contributed by atoms with E-state index < -0.39 is 15.7 Å². The van der Waals surface area contributed by atoms with Crippen LogP contribution in [-0.2, 0) is 19.9 Å². The third kappa shape index (κ3) is 3.50. The van der Waals surface area contributed by atoms with Gasteiger partial charge in [-0.3, -0.25) is 4.18 Å². The molecule has 3 rings (SSSR count). The lowest BCUT2D eigenvalue weighted by molar-refractivity contribution is 0.0188. The third-order valence-corrected chi connectivity index (χ3v) is 6.41. The molecule has 0 heterocycles. The Morgan fingerprint density at radius 3 is 2.12 bits per heavy atom. The molecule has 5 heteroatoms. The van der Waals surface area contributed by atoms with Crippen molar-refractivity contribution in [3.05, 3.63) is 65.7 Å². The summed E-state index contributed by atoms with van der Waals surface area (Å²) in [5.74, 6) is 0.129. The Balaban J connectivity index is 2.03. The van der Waals surface area contributed by atoms with Gasteiger partial charge in [-0.05, 0) is 48.9 Å². The van der Waals surface area contributed by atoms with Crippen molar-refractivity contribution in [3.8, 4) is 0 Å². The molecule has 1 N–H and O–H groups in total. The molecule has 1 atom stereocenters. The first-order valence-corrected chi connectivity index (χ1v) is 10.2. The lowest BCUT2D eigenvalue weighted by atomic mass is 9.75. The van der Waals surface area contributed by atoms with Crippen molar-refractivity contribution in [1.82, 2.24) is 0 Å². The topological polar surface area (TPSA) is 63.6 Å². The van der Waals surface area contributed by atoms with Gasteiger partial charge in [0.15, 0.2) is 0 Å². The van der Waals surface area contributed by atoms with Gasteiger partial charge in [0.2, 0.25) is 0 Å². The van der Waals surface area contributed by atoms with Gasteiger partial charge < -0.3 is 5.11 Å². The van der Waals surface area contributed by atoms with Crippen molar-refractivity contribution < 1.29 is 17.7 Å². The summed E-state index contributed by atoms with van der Waals surface area (Å²) in [4.78, 5) is 0.111. The van der Waals surface area contributed by atoms with E-state index in [9.17, 15) is 13.5 Å². The second-order valence-electron chi connectivity index (χ2n) is 6.50. The standard InChI is InChI=1S/C20H24O4S/c1-2-24-25(22,23)19-14-12-18(13-15-19)20(21,17-10-6-7-11-17)16-8-4-3-5-9-16/h3-5,8-9,12-15,17,21H,2,6-7,10-11H2,1H3/t20-/m1/s1. The van der Waals surface area contributed by atoms with Gasteiger partial charge in [0.1, 0.15) is 5.60 Å². The molecule has 1 saturated carbocycles. The summed E-state index contributed by atoms with van der Waals surface area (Å²) in [6, 6.07) is 16.1. The molecule has 0 unspecified atom stereocenters. The molecule has 0 bridgehead atoms. The zero-order valence-electron chi connectivity index (χ0n) is 14.4. The first-order valence-electron chi connectivity index (χ1n) is 8.76. The second kappa shape index (κ2) is 7.28. The molecule has 0 aliphatic heterocycles. The lowest BCUT2D eigenvalue weighted by Crippen LogP contribution is -2.35. The monoisotopic (exact) mass is 360 g/mol. The Hall–Kier alpha value is -1.69. The molecule has 4 nitrogen and oxygen atoms in total. The number of hydrogen-bond donors (Lipinski definition) is 1. The van der Waals surface area contributed by atoms with Crippen LogP contribution in [0.1, 0.15) is 43.7 Å². The van der Waals surface area contributed by atoms with E-state index >= 15 is 0 Å². The highest BCUT2D eigenvalue weighted by Gasteiger charge is 2.41. The van der Waals surface area contributed by atoms with E-state index in [0.29, 0.717) is 0 Å². The minimum Gasteiger partial charge on any atom is -0.380 e. The molecule has 0 spiro atoms. The molecule has 134 valence electrons. The van der Waals surface area contributed by atoms with Crippen LogP contribution in [0.25, 0.3) is 0 Å². The highest BCUT2D eigenvalue weighted by atomic mass is 32.2.